The van der Waals surface area contributed by atoms with Crippen molar-refractivity contribution < 1.29 is 13.9 Å². The third-order valence-corrected chi connectivity index (χ3v) is 4.82. The molecule has 0 radical (unpaired) electrons. The lowest BCUT2D eigenvalue weighted by Crippen LogP contribution is -2.21. The van der Waals surface area contributed by atoms with Crippen LogP contribution in [0, 0.1) is 5.82 Å². The summed E-state index contributed by atoms with van der Waals surface area (Å²) in [5.74, 6) is 0.759. The van der Waals surface area contributed by atoms with E-state index < -0.39 is 0 Å². The summed E-state index contributed by atoms with van der Waals surface area (Å²) in [7, 11) is 0. The Bertz CT molecular complexity index is 965. The van der Waals surface area contributed by atoms with E-state index in [2.05, 4.69) is 5.32 Å². The van der Waals surface area contributed by atoms with Gasteiger partial charge in [-0.25, -0.2) is 4.39 Å². The van der Waals surface area contributed by atoms with E-state index in [-0.39, 0.29) is 5.82 Å². The fourth-order valence-electron chi connectivity index (χ4n) is 2.72. The molecule has 0 atom stereocenters. The molecule has 0 amide bonds. The Morgan fingerprint density at radius 3 is 2.41 bits per heavy atom. The predicted octanol–water partition coefficient (Wildman–Crippen LogP) is 5.92. The summed E-state index contributed by atoms with van der Waals surface area (Å²) < 4.78 is 24.7. The summed E-state index contributed by atoms with van der Waals surface area (Å²) in [6.45, 7) is 3.23. The molecule has 0 saturated heterocycles. The van der Waals surface area contributed by atoms with Crippen LogP contribution in [0.15, 0.2) is 66.7 Å². The minimum absolute atomic E-state index is 0.268. The molecule has 3 nitrogen and oxygen atoms in total. The highest BCUT2D eigenvalue weighted by Gasteiger charge is 2.15. The molecule has 150 valence electrons. The third kappa shape index (κ3) is 5.92. The van der Waals surface area contributed by atoms with Crippen molar-refractivity contribution in [2.45, 2.75) is 20.1 Å². The Morgan fingerprint density at radius 1 is 1.00 bits per heavy atom. The second-order valence-corrected chi connectivity index (χ2v) is 7.12. The molecule has 0 fully saturated rings. The lowest BCUT2D eigenvalue weighted by Gasteiger charge is -2.16. The standard InChI is InChI=1S/C23H21ClFNO2S/c1-2-27-21-13-18(23(29)26-14-16-8-10-19(25)11-9-16)12-20(24)22(21)28-15-17-6-4-3-5-7-17/h3-13H,2,14-15H2,1H3,(H,26,29). The minimum atomic E-state index is -0.268. The summed E-state index contributed by atoms with van der Waals surface area (Å²) >= 11 is 12.0. The van der Waals surface area contributed by atoms with E-state index in [0.717, 1.165) is 16.7 Å². The zero-order chi connectivity index (χ0) is 20.6. The van der Waals surface area contributed by atoms with Crippen LogP contribution in [0.5, 0.6) is 11.5 Å². The van der Waals surface area contributed by atoms with Gasteiger partial charge in [0.25, 0.3) is 0 Å². The lowest BCUT2D eigenvalue weighted by atomic mass is 10.1. The molecule has 6 heteroatoms. The monoisotopic (exact) mass is 429 g/mol. The summed E-state index contributed by atoms with van der Waals surface area (Å²) in [5.41, 5.74) is 2.68. The van der Waals surface area contributed by atoms with Gasteiger partial charge < -0.3 is 14.8 Å². The summed E-state index contributed by atoms with van der Waals surface area (Å²) in [5, 5.41) is 3.59. The molecular weight excluding hydrogens is 409 g/mol. The largest absolute Gasteiger partial charge is 0.490 e. The van der Waals surface area contributed by atoms with Crippen LogP contribution in [0.25, 0.3) is 0 Å². The van der Waals surface area contributed by atoms with Gasteiger partial charge in [-0.2, -0.15) is 0 Å². The Hall–Kier alpha value is -2.63. The first-order valence-electron chi connectivity index (χ1n) is 9.22. The molecule has 3 rings (SSSR count). The van der Waals surface area contributed by atoms with Crippen LogP contribution in [0.1, 0.15) is 23.6 Å². The third-order valence-electron chi connectivity index (χ3n) is 4.16. The van der Waals surface area contributed by atoms with Crippen molar-refractivity contribution in [3.8, 4) is 11.5 Å². The van der Waals surface area contributed by atoms with Gasteiger partial charge in [-0.3, -0.25) is 0 Å². The van der Waals surface area contributed by atoms with Crippen LogP contribution in [-0.2, 0) is 13.2 Å². The number of thiocarbonyl (C=S) groups is 1. The maximum absolute atomic E-state index is 13.0. The highest BCUT2D eigenvalue weighted by atomic mass is 35.5. The number of rotatable bonds is 8. The van der Waals surface area contributed by atoms with E-state index >= 15 is 0 Å². The molecule has 0 spiro atoms. The van der Waals surface area contributed by atoms with Crippen molar-refractivity contribution in [2.24, 2.45) is 0 Å². The summed E-state index contributed by atoms with van der Waals surface area (Å²) in [6, 6.07) is 19.7. The zero-order valence-corrected chi connectivity index (χ0v) is 17.5. The van der Waals surface area contributed by atoms with Crippen LogP contribution in [0.2, 0.25) is 5.02 Å². The zero-order valence-electron chi connectivity index (χ0n) is 16.0. The van der Waals surface area contributed by atoms with Gasteiger partial charge in [0.05, 0.1) is 11.6 Å². The molecule has 3 aromatic rings. The van der Waals surface area contributed by atoms with E-state index in [4.69, 9.17) is 33.3 Å². The second kappa shape index (κ2) is 10.2. The fraction of sp³-hybridized carbons (Fsp3) is 0.174. The SMILES string of the molecule is CCOc1cc(C(=S)NCc2ccc(F)cc2)cc(Cl)c1OCc1ccccc1. The van der Waals surface area contributed by atoms with Gasteiger partial charge in [-0.15, -0.1) is 0 Å². The van der Waals surface area contributed by atoms with Gasteiger partial charge in [-0.05, 0) is 42.3 Å². The Morgan fingerprint density at radius 2 is 1.72 bits per heavy atom. The van der Waals surface area contributed by atoms with Gasteiger partial charge in [-0.1, -0.05) is 66.3 Å². The maximum atomic E-state index is 13.0. The lowest BCUT2D eigenvalue weighted by molar-refractivity contribution is 0.269. The molecule has 3 aromatic carbocycles. The van der Waals surface area contributed by atoms with Gasteiger partial charge in [0, 0.05) is 12.1 Å². The van der Waals surface area contributed by atoms with Crippen molar-refractivity contribution in [1.82, 2.24) is 5.32 Å². The molecule has 0 aliphatic heterocycles. The predicted molar refractivity (Wildman–Crippen MR) is 118 cm³/mol. The molecule has 0 unspecified atom stereocenters. The van der Waals surface area contributed by atoms with Crippen molar-refractivity contribution in [1.29, 1.82) is 0 Å². The maximum Gasteiger partial charge on any atom is 0.180 e. The summed E-state index contributed by atoms with van der Waals surface area (Å²) in [6.07, 6.45) is 0. The van der Waals surface area contributed by atoms with E-state index in [0.29, 0.717) is 41.3 Å². The number of hydrogen-bond donors (Lipinski definition) is 1. The first-order valence-corrected chi connectivity index (χ1v) is 10.0. The van der Waals surface area contributed by atoms with E-state index in [1.807, 2.05) is 43.3 Å². The van der Waals surface area contributed by atoms with E-state index in [9.17, 15) is 4.39 Å². The number of hydrogen-bond acceptors (Lipinski definition) is 3. The first kappa shape index (κ1) is 21.1. The van der Waals surface area contributed by atoms with Crippen molar-refractivity contribution >= 4 is 28.8 Å². The molecule has 0 aromatic heterocycles. The van der Waals surface area contributed by atoms with Crippen LogP contribution in [0.3, 0.4) is 0 Å². The number of ether oxygens (including phenoxy) is 2. The minimum Gasteiger partial charge on any atom is -0.490 e. The van der Waals surface area contributed by atoms with Gasteiger partial charge in [0.15, 0.2) is 11.5 Å². The molecule has 0 aliphatic rings. The molecule has 0 heterocycles. The number of benzene rings is 3. The van der Waals surface area contributed by atoms with Crippen LogP contribution in [-0.4, -0.2) is 11.6 Å². The number of halogens is 2. The van der Waals surface area contributed by atoms with Crippen LogP contribution < -0.4 is 14.8 Å². The Kier molecular flexibility index (Phi) is 7.44. The first-order chi connectivity index (χ1) is 14.1. The van der Waals surface area contributed by atoms with Crippen molar-refractivity contribution in [3.05, 3.63) is 94.3 Å². The summed E-state index contributed by atoms with van der Waals surface area (Å²) in [4.78, 5) is 0.520. The smallest absolute Gasteiger partial charge is 0.180 e. The fourth-order valence-corrected chi connectivity index (χ4v) is 3.17. The molecule has 29 heavy (non-hydrogen) atoms. The molecule has 1 N–H and O–H groups in total. The van der Waals surface area contributed by atoms with Crippen LogP contribution in [0.4, 0.5) is 4.39 Å². The van der Waals surface area contributed by atoms with Gasteiger partial charge in [0.2, 0.25) is 0 Å². The quantitative estimate of drug-likeness (QED) is 0.450. The molecule has 0 saturated carbocycles. The topological polar surface area (TPSA) is 30.5 Å². The average molecular weight is 430 g/mol. The van der Waals surface area contributed by atoms with Gasteiger partial charge in [0.1, 0.15) is 17.4 Å². The average Bonchev–Trinajstić information content (AvgIpc) is 2.73. The number of nitrogens with one attached hydrogen (secondary N) is 1. The normalized spacial score (nSPS) is 10.4. The van der Waals surface area contributed by atoms with E-state index in [1.54, 1.807) is 18.2 Å². The Balaban J connectivity index is 1.73. The Labute approximate surface area is 180 Å². The van der Waals surface area contributed by atoms with Crippen molar-refractivity contribution in [2.75, 3.05) is 6.61 Å². The van der Waals surface area contributed by atoms with Gasteiger partial charge >= 0.3 is 0 Å². The van der Waals surface area contributed by atoms with Crippen LogP contribution >= 0.6 is 23.8 Å². The van der Waals surface area contributed by atoms with Crippen molar-refractivity contribution in [3.63, 3.8) is 0 Å². The molecular formula is C23H21ClFNO2S. The second-order valence-electron chi connectivity index (χ2n) is 6.30. The van der Waals surface area contributed by atoms with E-state index in [1.165, 1.54) is 12.1 Å². The molecule has 0 bridgehead atoms. The molecule has 0 aliphatic carbocycles. The highest BCUT2D eigenvalue weighted by Crippen LogP contribution is 2.37. The highest BCUT2D eigenvalue weighted by molar-refractivity contribution is 7.80.